The van der Waals surface area contributed by atoms with Crippen LogP contribution in [0.15, 0.2) is 103 Å². The van der Waals surface area contributed by atoms with E-state index in [1.807, 2.05) is 48.5 Å². The van der Waals surface area contributed by atoms with Gasteiger partial charge in [-0.1, -0.05) is 71.7 Å². The summed E-state index contributed by atoms with van der Waals surface area (Å²) in [5.41, 5.74) is 5.26. The Morgan fingerprint density at radius 1 is 0.519 bits per heavy atom. The molecular weight excluding hydrogens is 373 g/mol. The average Bonchev–Trinajstić information content (AvgIpc) is 2.72. The molecule has 4 aromatic rings. The van der Waals surface area contributed by atoms with Crippen LogP contribution >= 0.6 is 23.2 Å². The SMILES string of the molecule is Clc1ccc(Cl)c(-c2ccc(N(c3ccccc3)c3ccccc3)cc2)c1. The van der Waals surface area contributed by atoms with Crippen molar-refractivity contribution in [1.82, 2.24) is 0 Å². The van der Waals surface area contributed by atoms with E-state index in [0.29, 0.717) is 10.0 Å². The fraction of sp³-hybridized carbons (Fsp3) is 0. The van der Waals surface area contributed by atoms with Crippen LogP contribution in [0.4, 0.5) is 17.1 Å². The Morgan fingerprint density at radius 2 is 1.04 bits per heavy atom. The molecule has 0 unspecified atom stereocenters. The minimum absolute atomic E-state index is 0.675. The van der Waals surface area contributed by atoms with Crippen LogP contribution in [0.25, 0.3) is 11.1 Å². The van der Waals surface area contributed by atoms with E-state index in [1.165, 1.54) is 0 Å². The third-order valence-corrected chi connectivity index (χ3v) is 4.96. The van der Waals surface area contributed by atoms with Crippen LogP contribution in [0, 0.1) is 0 Å². The smallest absolute Gasteiger partial charge is 0.0485 e. The first-order valence-electron chi connectivity index (χ1n) is 8.68. The summed E-state index contributed by atoms with van der Waals surface area (Å²) in [4.78, 5) is 2.23. The number of halogens is 2. The van der Waals surface area contributed by atoms with Crippen molar-refractivity contribution in [3.05, 3.63) is 113 Å². The van der Waals surface area contributed by atoms with Gasteiger partial charge in [-0.3, -0.25) is 0 Å². The lowest BCUT2D eigenvalue weighted by molar-refractivity contribution is 1.28. The Balaban J connectivity index is 1.77. The quantitative estimate of drug-likeness (QED) is 0.340. The highest BCUT2D eigenvalue weighted by atomic mass is 35.5. The van der Waals surface area contributed by atoms with E-state index < -0.39 is 0 Å². The van der Waals surface area contributed by atoms with Crippen molar-refractivity contribution in [2.45, 2.75) is 0 Å². The summed E-state index contributed by atoms with van der Waals surface area (Å²) in [6.45, 7) is 0. The Kier molecular flexibility index (Phi) is 5.15. The molecule has 0 atom stereocenters. The van der Waals surface area contributed by atoms with Crippen molar-refractivity contribution >= 4 is 40.3 Å². The van der Waals surface area contributed by atoms with Crippen molar-refractivity contribution in [2.24, 2.45) is 0 Å². The monoisotopic (exact) mass is 389 g/mol. The molecule has 0 aliphatic rings. The highest BCUT2D eigenvalue weighted by molar-refractivity contribution is 6.35. The van der Waals surface area contributed by atoms with Gasteiger partial charge in [-0.15, -0.1) is 0 Å². The molecule has 0 aromatic heterocycles. The van der Waals surface area contributed by atoms with E-state index >= 15 is 0 Å². The van der Waals surface area contributed by atoms with E-state index in [9.17, 15) is 0 Å². The van der Waals surface area contributed by atoms with Crippen LogP contribution in [0.1, 0.15) is 0 Å². The molecule has 0 bridgehead atoms. The van der Waals surface area contributed by atoms with Gasteiger partial charge in [0.15, 0.2) is 0 Å². The van der Waals surface area contributed by atoms with Crippen LogP contribution < -0.4 is 4.90 Å². The molecule has 0 N–H and O–H groups in total. The number of benzene rings is 4. The second kappa shape index (κ2) is 7.87. The van der Waals surface area contributed by atoms with Gasteiger partial charge in [-0.2, -0.15) is 0 Å². The van der Waals surface area contributed by atoms with E-state index in [2.05, 4.69) is 53.4 Å². The second-order valence-corrected chi connectivity index (χ2v) is 7.02. The van der Waals surface area contributed by atoms with Gasteiger partial charge in [0, 0.05) is 32.7 Å². The Morgan fingerprint density at radius 3 is 1.59 bits per heavy atom. The van der Waals surface area contributed by atoms with Gasteiger partial charge >= 0.3 is 0 Å². The summed E-state index contributed by atoms with van der Waals surface area (Å²) in [5.74, 6) is 0. The first kappa shape index (κ1) is 17.7. The van der Waals surface area contributed by atoms with Crippen molar-refractivity contribution in [3.8, 4) is 11.1 Å². The average molecular weight is 390 g/mol. The van der Waals surface area contributed by atoms with Crippen molar-refractivity contribution in [3.63, 3.8) is 0 Å². The maximum absolute atomic E-state index is 6.36. The second-order valence-electron chi connectivity index (χ2n) is 6.18. The first-order chi connectivity index (χ1) is 13.2. The highest BCUT2D eigenvalue weighted by Crippen LogP contribution is 2.36. The molecule has 0 aliphatic carbocycles. The maximum atomic E-state index is 6.36. The molecule has 0 saturated carbocycles. The Labute approximate surface area is 169 Å². The molecule has 0 saturated heterocycles. The van der Waals surface area contributed by atoms with Crippen molar-refractivity contribution in [1.29, 1.82) is 0 Å². The summed E-state index contributed by atoms with van der Waals surface area (Å²) >= 11 is 12.5. The summed E-state index contributed by atoms with van der Waals surface area (Å²) in [5, 5.41) is 1.36. The Hall–Kier alpha value is -2.74. The molecule has 4 rings (SSSR count). The zero-order valence-electron chi connectivity index (χ0n) is 14.5. The lowest BCUT2D eigenvalue weighted by atomic mass is 10.0. The van der Waals surface area contributed by atoms with Crippen LogP contribution in [-0.4, -0.2) is 0 Å². The standard InChI is InChI=1S/C24H17Cl2N/c25-19-13-16-24(26)23(17-19)18-11-14-22(15-12-18)27(20-7-3-1-4-8-20)21-9-5-2-6-10-21/h1-17H. The lowest BCUT2D eigenvalue weighted by Crippen LogP contribution is -2.09. The lowest BCUT2D eigenvalue weighted by Gasteiger charge is -2.25. The third kappa shape index (κ3) is 3.85. The summed E-state index contributed by atoms with van der Waals surface area (Å²) in [6, 6.07) is 34.5. The molecule has 0 fully saturated rings. The van der Waals surface area contributed by atoms with Crippen LogP contribution in [0.5, 0.6) is 0 Å². The molecule has 4 aromatic carbocycles. The molecule has 0 aliphatic heterocycles. The van der Waals surface area contributed by atoms with E-state index in [4.69, 9.17) is 23.2 Å². The topological polar surface area (TPSA) is 3.24 Å². The van der Waals surface area contributed by atoms with Gasteiger partial charge in [0.05, 0.1) is 0 Å². The number of para-hydroxylation sites is 2. The Bertz CT molecular complexity index is 989. The van der Waals surface area contributed by atoms with Crippen molar-refractivity contribution < 1.29 is 0 Å². The van der Waals surface area contributed by atoms with Crippen LogP contribution in [0.3, 0.4) is 0 Å². The van der Waals surface area contributed by atoms with Gasteiger partial charge in [-0.25, -0.2) is 0 Å². The van der Waals surface area contributed by atoms with Crippen LogP contribution in [0.2, 0.25) is 10.0 Å². The third-order valence-electron chi connectivity index (χ3n) is 4.39. The largest absolute Gasteiger partial charge is 0.311 e. The fourth-order valence-corrected chi connectivity index (χ4v) is 3.51. The number of nitrogens with zero attached hydrogens (tertiary/aromatic N) is 1. The molecule has 3 heteroatoms. The van der Waals surface area contributed by atoms with E-state index in [1.54, 1.807) is 6.07 Å². The number of anilines is 3. The molecular formula is C24H17Cl2N. The van der Waals surface area contributed by atoms with Gasteiger partial charge in [0.1, 0.15) is 0 Å². The van der Waals surface area contributed by atoms with E-state index in [-0.39, 0.29) is 0 Å². The minimum atomic E-state index is 0.675. The highest BCUT2D eigenvalue weighted by Gasteiger charge is 2.12. The molecule has 1 nitrogen and oxygen atoms in total. The van der Waals surface area contributed by atoms with Gasteiger partial charge in [0.2, 0.25) is 0 Å². The van der Waals surface area contributed by atoms with Crippen LogP contribution in [-0.2, 0) is 0 Å². The zero-order valence-corrected chi connectivity index (χ0v) is 16.0. The predicted molar refractivity (Wildman–Crippen MR) is 117 cm³/mol. The summed E-state index contributed by atoms with van der Waals surface area (Å²) in [6.07, 6.45) is 0. The zero-order chi connectivity index (χ0) is 18.6. The molecule has 0 amide bonds. The first-order valence-corrected chi connectivity index (χ1v) is 9.44. The number of hydrogen-bond acceptors (Lipinski definition) is 1. The summed E-state index contributed by atoms with van der Waals surface area (Å²) in [7, 11) is 0. The van der Waals surface area contributed by atoms with Gasteiger partial charge in [0.25, 0.3) is 0 Å². The fourth-order valence-electron chi connectivity index (χ4n) is 3.11. The molecule has 0 heterocycles. The predicted octanol–water partition coefficient (Wildman–Crippen LogP) is 8.13. The van der Waals surface area contributed by atoms with Gasteiger partial charge < -0.3 is 4.90 Å². The summed E-state index contributed by atoms with van der Waals surface area (Å²) < 4.78 is 0. The maximum Gasteiger partial charge on any atom is 0.0485 e. The molecule has 0 spiro atoms. The van der Waals surface area contributed by atoms with Gasteiger partial charge in [-0.05, 0) is 60.2 Å². The van der Waals surface area contributed by atoms with Crippen molar-refractivity contribution in [2.75, 3.05) is 4.90 Å². The molecule has 0 radical (unpaired) electrons. The van der Waals surface area contributed by atoms with E-state index in [0.717, 1.165) is 28.2 Å². The normalized spacial score (nSPS) is 10.6. The number of hydrogen-bond donors (Lipinski definition) is 0. The molecule has 132 valence electrons. The molecule has 27 heavy (non-hydrogen) atoms. The minimum Gasteiger partial charge on any atom is -0.311 e. The number of rotatable bonds is 4.